The van der Waals surface area contributed by atoms with Crippen molar-refractivity contribution in [1.29, 1.82) is 0 Å². The van der Waals surface area contributed by atoms with Gasteiger partial charge in [-0.25, -0.2) is 0 Å². The first-order valence-electron chi connectivity index (χ1n) is 9.21. The zero-order chi connectivity index (χ0) is 18.9. The van der Waals surface area contributed by atoms with Crippen molar-refractivity contribution in [3.05, 3.63) is 24.0 Å². The Morgan fingerprint density at radius 3 is 2.31 bits per heavy atom. The highest BCUT2D eigenvalue weighted by molar-refractivity contribution is 5.86. The maximum Gasteiger partial charge on any atom is 0.242 e. The van der Waals surface area contributed by atoms with Crippen molar-refractivity contribution in [2.45, 2.75) is 25.8 Å². The highest BCUT2D eigenvalue weighted by Crippen LogP contribution is 2.28. The van der Waals surface area contributed by atoms with Gasteiger partial charge in [0.2, 0.25) is 11.8 Å². The van der Waals surface area contributed by atoms with Crippen LogP contribution in [0.4, 0.5) is 0 Å². The molecule has 1 fully saturated rings. The highest BCUT2D eigenvalue weighted by atomic mass is 16.5. The molecule has 7 nitrogen and oxygen atoms in total. The molecule has 2 rings (SSSR count). The molecule has 0 spiro atoms. The molecule has 1 heterocycles. The third kappa shape index (κ3) is 5.57. The first-order valence-corrected chi connectivity index (χ1v) is 9.21. The topological polar surface area (TPSA) is 64.0 Å². The fourth-order valence-corrected chi connectivity index (χ4v) is 3.00. The maximum absolute atomic E-state index is 12.9. The minimum absolute atomic E-state index is 0.0629. The molecule has 0 N–H and O–H groups in total. The Labute approximate surface area is 155 Å². The summed E-state index contributed by atoms with van der Waals surface area (Å²) in [6.45, 7) is 2.43. The van der Waals surface area contributed by atoms with Crippen LogP contribution >= 0.6 is 0 Å². The highest BCUT2D eigenvalue weighted by Gasteiger charge is 2.31. The summed E-state index contributed by atoms with van der Waals surface area (Å²) in [6, 6.07) is 3.95. The fourth-order valence-electron chi connectivity index (χ4n) is 3.00. The summed E-state index contributed by atoms with van der Waals surface area (Å²) in [4.78, 5) is 29.0. The molecule has 26 heavy (non-hydrogen) atoms. The number of carbonyl (C=O) groups is 2. The summed E-state index contributed by atoms with van der Waals surface area (Å²) in [7, 11) is 5.18. The van der Waals surface area contributed by atoms with Gasteiger partial charge in [0.25, 0.3) is 0 Å². The summed E-state index contributed by atoms with van der Waals surface area (Å²) in [5, 5.41) is 0. The first-order chi connectivity index (χ1) is 12.6. The van der Waals surface area contributed by atoms with Crippen LogP contribution in [0.25, 0.3) is 0 Å². The number of rotatable bonds is 11. The summed E-state index contributed by atoms with van der Waals surface area (Å²) < 4.78 is 12.3. The number of amides is 2. The molecule has 2 amide bonds. The average Bonchev–Trinajstić information content (AvgIpc) is 2.98. The van der Waals surface area contributed by atoms with Gasteiger partial charge in [-0.15, -0.1) is 0 Å². The molecule has 1 saturated carbocycles. The quantitative estimate of drug-likeness (QED) is 0.593. The lowest BCUT2D eigenvalue weighted by atomic mass is 9.84. The van der Waals surface area contributed by atoms with Crippen LogP contribution in [-0.4, -0.2) is 73.2 Å². The van der Waals surface area contributed by atoms with Gasteiger partial charge in [-0.05, 0) is 25.0 Å². The summed E-state index contributed by atoms with van der Waals surface area (Å²) in [5.74, 6) is 0.0826. The van der Waals surface area contributed by atoms with E-state index in [9.17, 15) is 9.59 Å². The van der Waals surface area contributed by atoms with E-state index >= 15 is 0 Å². The average molecular weight is 365 g/mol. The molecule has 0 radical (unpaired) electrons. The number of aromatic nitrogens is 1. The number of ether oxygens (including phenoxy) is 2. The van der Waals surface area contributed by atoms with Crippen LogP contribution in [0.5, 0.6) is 0 Å². The molecule has 0 aliphatic heterocycles. The minimum Gasteiger partial charge on any atom is -0.383 e. The van der Waals surface area contributed by atoms with Crippen LogP contribution in [0.15, 0.2) is 18.3 Å². The lowest BCUT2D eigenvalue weighted by molar-refractivity contribution is -0.145. The minimum atomic E-state index is -0.0629. The van der Waals surface area contributed by atoms with E-state index in [2.05, 4.69) is 0 Å². The number of aryl methyl sites for hydroxylation is 1. The lowest BCUT2D eigenvalue weighted by Crippen LogP contribution is -2.47. The summed E-state index contributed by atoms with van der Waals surface area (Å²) >= 11 is 0. The van der Waals surface area contributed by atoms with Crippen LogP contribution in [0, 0.1) is 5.92 Å². The van der Waals surface area contributed by atoms with Gasteiger partial charge < -0.3 is 23.8 Å². The molecule has 7 heteroatoms. The van der Waals surface area contributed by atoms with Gasteiger partial charge in [0.15, 0.2) is 0 Å². The Morgan fingerprint density at radius 2 is 1.81 bits per heavy atom. The predicted octanol–water partition coefficient (Wildman–Crippen LogP) is 1.28. The summed E-state index contributed by atoms with van der Waals surface area (Å²) in [6.07, 6.45) is 4.90. The maximum atomic E-state index is 12.9. The Kier molecular flexibility index (Phi) is 8.12. The number of carbonyl (C=O) groups excluding carboxylic acids is 2. The second kappa shape index (κ2) is 10.3. The van der Waals surface area contributed by atoms with Crippen molar-refractivity contribution < 1.29 is 19.1 Å². The fraction of sp³-hybridized carbons (Fsp3) is 0.684. The molecule has 0 saturated heterocycles. The largest absolute Gasteiger partial charge is 0.383 e. The Morgan fingerprint density at radius 1 is 1.15 bits per heavy atom. The Bertz CT molecular complexity index is 583. The van der Waals surface area contributed by atoms with E-state index in [1.54, 1.807) is 24.0 Å². The third-order valence-corrected chi connectivity index (χ3v) is 4.98. The molecule has 1 aromatic rings. The van der Waals surface area contributed by atoms with Crippen LogP contribution in [0.1, 0.15) is 25.0 Å². The molecular formula is C19H31N3O4. The van der Waals surface area contributed by atoms with Crippen molar-refractivity contribution in [2.75, 3.05) is 47.1 Å². The molecule has 0 bridgehead atoms. The van der Waals surface area contributed by atoms with Crippen molar-refractivity contribution >= 4 is 11.8 Å². The second-order valence-electron chi connectivity index (χ2n) is 6.80. The molecule has 146 valence electrons. The Balaban J connectivity index is 2.03. The van der Waals surface area contributed by atoms with Gasteiger partial charge in [-0.2, -0.15) is 0 Å². The molecule has 0 atom stereocenters. The van der Waals surface area contributed by atoms with E-state index in [-0.39, 0.29) is 24.3 Å². The van der Waals surface area contributed by atoms with Crippen LogP contribution in [-0.2, 0) is 32.7 Å². The standard InChI is InChI=1S/C19H31N3O4/c1-20-9-5-8-17(20)14-21(10-12-25-2)18(23)15-22(11-13-26-3)19(24)16-6-4-7-16/h5,8-9,16H,4,6-7,10-15H2,1-3H3. The van der Waals surface area contributed by atoms with Gasteiger partial charge in [0.1, 0.15) is 0 Å². The van der Waals surface area contributed by atoms with Gasteiger partial charge in [-0.1, -0.05) is 6.42 Å². The van der Waals surface area contributed by atoms with Crippen molar-refractivity contribution in [3.8, 4) is 0 Å². The predicted molar refractivity (Wildman–Crippen MR) is 98.5 cm³/mol. The third-order valence-electron chi connectivity index (χ3n) is 4.98. The number of hydrogen-bond acceptors (Lipinski definition) is 4. The molecule has 0 aromatic carbocycles. The smallest absolute Gasteiger partial charge is 0.242 e. The number of methoxy groups -OCH3 is 2. The lowest BCUT2D eigenvalue weighted by Gasteiger charge is -2.33. The van der Waals surface area contributed by atoms with E-state index in [0.29, 0.717) is 32.8 Å². The van der Waals surface area contributed by atoms with E-state index in [1.807, 2.05) is 29.9 Å². The van der Waals surface area contributed by atoms with Crippen molar-refractivity contribution in [1.82, 2.24) is 14.4 Å². The first kappa shape index (κ1) is 20.5. The van der Waals surface area contributed by atoms with Crippen molar-refractivity contribution in [2.24, 2.45) is 13.0 Å². The van der Waals surface area contributed by atoms with E-state index in [1.165, 1.54) is 0 Å². The summed E-state index contributed by atoms with van der Waals surface area (Å²) in [5.41, 5.74) is 1.04. The number of nitrogens with zero attached hydrogens (tertiary/aromatic N) is 3. The molecular weight excluding hydrogens is 334 g/mol. The van der Waals surface area contributed by atoms with Crippen molar-refractivity contribution in [3.63, 3.8) is 0 Å². The zero-order valence-corrected chi connectivity index (χ0v) is 16.1. The normalized spacial score (nSPS) is 14.1. The van der Waals surface area contributed by atoms with E-state index in [0.717, 1.165) is 25.0 Å². The van der Waals surface area contributed by atoms with Gasteiger partial charge >= 0.3 is 0 Å². The second-order valence-corrected chi connectivity index (χ2v) is 6.80. The zero-order valence-electron chi connectivity index (χ0n) is 16.1. The number of hydrogen-bond donors (Lipinski definition) is 0. The van der Waals surface area contributed by atoms with E-state index in [4.69, 9.17) is 9.47 Å². The van der Waals surface area contributed by atoms with Crippen LogP contribution in [0.2, 0.25) is 0 Å². The Hall–Kier alpha value is -1.86. The van der Waals surface area contributed by atoms with Gasteiger partial charge in [0.05, 0.1) is 26.3 Å². The van der Waals surface area contributed by atoms with Crippen LogP contribution in [0.3, 0.4) is 0 Å². The SMILES string of the molecule is COCCN(Cc1cccn1C)C(=O)CN(CCOC)C(=O)C1CCC1. The van der Waals surface area contributed by atoms with Gasteiger partial charge in [-0.3, -0.25) is 9.59 Å². The molecule has 1 aliphatic rings. The molecule has 1 aromatic heterocycles. The molecule has 1 aliphatic carbocycles. The van der Waals surface area contributed by atoms with E-state index < -0.39 is 0 Å². The van der Waals surface area contributed by atoms with Crippen LogP contribution < -0.4 is 0 Å². The molecule has 0 unspecified atom stereocenters. The van der Waals surface area contributed by atoms with Gasteiger partial charge in [0, 0.05) is 52.2 Å². The monoisotopic (exact) mass is 365 g/mol.